The van der Waals surface area contributed by atoms with E-state index in [1.807, 2.05) is 0 Å². The predicted molar refractivity (Wildman–Crippen MR) is 49.4 cm³/mol. The van der Waals surface area contributed by atoms with Crippen LogP contribution in [0.3, 0.4) is 0 Å². The smallest absolute Gasteiger partial charge is 0.151 e. The molecule has 1 saturated heterocycles. The van der Waals surface area contributed by atoms with Gasteiger partial charge < -0.3 is 4.74 Å². The molecule has 2 nitrogen and oxygen atoms in total. The third-order valence-electron chi connectivity index (χ3n) is 3.25. The zero-order valence-corrected chi connectivity index (χ0v) is 8.82. The Labute approximate surface area is 80.8 Å². The number of halogens is 1. The Morgan fingerprint density at radius 3 is 2.67 bits per heavy atom. The highest BCUT2D eigenvalue weighted by molar-refractivity contribution is 9.09. The van der Waals surface area contributed by atoms with Crippen LogP contribution in [0.4, 0.5) is 0 Å². The van der Waals surface area contributed by atoms with Crippen molar-refractivity contribution >= 4 is 21.7 Å². The second-order valence-electron chi connectivity index (χ2n) is 4.25. The molecule has 1 heterocycles. The minimum absolute atomic E-state index is 0.0117. The van der Waals surface area contributed by atoms with Crippen LogP contribution in [0.1, 0.15) is 26.2 Å². The van der Waals surface area contributed by atoms with Gasteiger partial charge in [0.1, 0.15) is 0 Å². The summed E-state index contributed by atoms with van der Waals surface area (Å²) in [4.78, 5) is 11.6. The first-order valence-electron chi connectivity index (χ1n) is 4.34. The first-order chi connectivity index (χ1) is 5.60. The second-order valence-corrected chi connectivity index (χ2v) is 4.81. The molecule has 12 heavy (non-hydrogen) atoms. The van der Waals surface area contributed by atoms with Gasteiger partial charge in [0.25, 0.3) is 0 Å². The number of alkyl halides is 1. The van der Waals surface area contributed by atoms with Crippen molar-refractivity contribution in [1.82, 2.24) is 0 Å². The number of rotatable bonds is 2. The summed E-state index contributed by atoms with van der Waals surface area (Å²) in [6, 6.07) is 0. The first kappa shape index (κ1) is 8.70. The highest BCUT2D eigenvalue weighted by Crippen LogP contribution is 2.53. The van der Waals surface area contributed by atoms with Crippen molar-refractivity contribution in [2.45, 2.75) is 31.8 Å². The van der Waals surface area contributed by atoms with Crippen LogP contribution in [-0.2, 0) is 9.53 Å². The topological polar surface area (TPSA) is 26.3 Å². The number of Topliss-reactive ketones (excluding diaryl/α,β-unsaturated/α-hetero) is 1. The number of carbonyl (C=O) groups is 1. The van der Waals surface area contributed by atoms with E-state index in [4.69, 9.17) is 4.74 Å². The highest BCUT2D eigenvalue weighted by Gasteiger charge is 2.56. The standard InChI is InChI=1S/C9H13BrO2/c1-8-2-3-9(5-8,6-12-8)7(11)4-10/h2-6H2,1H3. The van der Waals surface area contributed by atoms with Gasteiger partial charge in [0.15, 0.2) is 5.78 Å². The van der Waals surface area contributed by atoms with Crippen molar-refractivity contribution in [1.29, 1.82) is 0 Å². The Hall–Kier alpha value is 0.110. The van der Waals surface area contributed by atoms with Gasteiger partial charge in [0, 0.05) is 0 Å². The van der Waals surface area contributed by atoms with Gasteiger partial charge in [-0.15, -0.1) is 0 Å². The summed E-state index contributed by atoms with van der Waals surface area (Å²) in [6.45, 7) is 2.76. The van der Waals surface area contributed by atoms with E-state index in [0.29, 0.717) is 17.7 Å². The molecule has 0 amide bonds. The fourth-order valence-corrected chi connectivity index (χ4v) is 3.01. The fourth-order valence-electron chi connectivity index (χ4n) is 2.42. The molecule has 0 aromatic heterocycles. The van der Waals surface area contributed by atoms with E-state index >= 15 is 0 Å². The van der Waals surface area contributed by atoms with Crippen molar-refractivity contribution in [3.63, 3.8) is 0 Å². The lowest BCUT2D eigenvalue weighted by atomic mass is 9.84. The number of hydrogen-bond donors (Lipinski definition) is 0. The Morgan fingerprint density at radius 1 is 1.58 bits per heavy atom. The van der Waals surface area contributed by atoms with Crippen molar-refractivity contribution in [2.75, 3.05) is 11.9 Å². The summed E-state index contributed by atoms with van der Waals surface area (Å²) in [7, 11) is 0. The lowest BCUT2D eigenvalue weighted by Crippen LogP contribution is -2.31. The minimum atomic E-state index is -0.127. The van der Waals surface area contributed by atoms with Crippen molar-refractivity contribution in [3.05, 3.63) is 0 Å². The van der Waals surface area contributed by atoms with Crippen LogP contribution < -0.4 is 0 Å². The van der Waals surface area contributed by atoms with Gasteiger partial charge in [-0.2, -0.15) is 0 Å². The Balaban J connectivity index is 2.20. The summed E-state index contributed by atoms with van der Waals surface area (Å²) >= 11 is 3.23. The van der Waals surface area contributed by atoms with E-state index in [0.717, 1.165) is 19.3 Å². The summed E-state index contributed by atoms with van der Waals surface area (Å²) in [5, 5.41) is 0.479. The predicted octanol–water partition coefficient (Wildman–Crippen LogP) is 1.91. The molecule has 2 fully saturated rings. The lowest BCUT2D eigenvalue weighted by Gasteiger charge is -2.24. The molecule has 2 aliphatic rings. The van der Waals surface area contributed by atoms with Gasteiger partial charge in [-0.1, -0.05) is 15.9 Å². The molecular formula is C9H13BrO2. The maximum atomic E-state index is 11.6. The summed E-state index contributed by atoms with van der Waals surface area (Å²) in [5.74, 6) is 0.323. The molecule has 1 aliphatic heterocycles. The molecule has 0 aromatic carbocycles. The number of fused-ring (bicyclic) bond motifs is 2. The van der Waals surface area contributed by atoms with Gasteiger partial charge >= 0.3 is 0 Å². The molecule has 1 aliphatic carbocycles. The zero-order chi connectivity index (χ0) is 8.82. The largest absolute Gasteiger partial charge is 0.374 e. The molecule has 2 rings (SSSR count). The lowest BCUT2D eigenvalue weighted by molar-refractivity contribution is -0.127. The monoisotopic (exact) mass is 232 g/mol. The van der Waals surface area contributed by atoms with Gasteiger partial charge in [-0.05, 0) is 26.2 Å². The molecule has 2 unspecified atom stereocenters. The average Bonchev–Trinajstić information content (AvgIpc) is 2.57. The van der Waals surface area contributed by atoms with E-state index in [9.17, 15) is 4.79 Å². The zero-order valence-electron chi connectivity index (χ0n) is 7.23. The van der Waals surface area contributed by atoms with Crippen LogP contribution in [0, 0.1) is 5.41 Å². The minimum Gasteiger partial charge on any atom is -0.374 e. The van der Waals surface area contributed by atoms with E-state index in [2.05, 4.69) is 22.9 Å². The summed E-state index contributed by atoms with van der Waals surface area (Å²) in [5.41, 5.74) is -0.115. The van der Waals surface area contributed by atoms with Gasteiger partial charge in [-0.25, -0.2) is 0 Å². The molecule has 2 bridgehead atoms. The number of hydrogen-bond acceptors (Lipinski definition) is 2. The Bertz CT molecular complexity index is 217. The first-order valence-corrected chi connectivity index (χ1v) is 5.46. The molecule has 3 heteroatoms. The normalized spacial score (nSPS) is 45.2. The third kappa shape index (κ3) is 1.06. The molecule has 0 spiro atoms. The molecule has 0 radical (unpaired) electrons. The maximum absolute atomic E-state index is 11.6. The highest BCUT2D eigenvalue weighted by atomic mass is 79.9. The molecule has 68 valence electrons. The van der Waals surface area contributed by atoms with Gasteiger partial charge in [-0.3, -0.25) is 4.79 Å². The van der Waals surface area contributed by atoms with E-state index in [-0.39, 0.29) is 11.0 Å². The van der Waals surface area contributed by atoms with Crippen LogP contribution in [0.25, 0.3) is 0 Å². The van der Waals surface area contributed by atoms with Crippen LogP contribution in [0.15, 0.2) is 0 Å². The van der Waals surface area contributed by atoms with Crippen LogP contribution in [-0.4, -0.2) is 23.3 Å². The number of ether oxygens (including phenoxy) is 1. The number of ketones is 1. The van der Waals surface area contributed by atoms with Crippen molar-refractivity contribution in [3.8, 4) is 0 Å². The van der Waals surface area contributed by atoms with Gasteiger partial charge in [0.05, 0.1) is 23.0 Å². The van der Waals surface area contributed by atoms with Crippen molar-refractivity contribution in [2.24, 2.45) is 5.41 Å². The van der Waals surface area contributed by atoms with Crippen LogP contribution >= 0.6 is 15.9 Å². The van der Waals surface area contributed by atoms with Crippen LogP contribution in [0.2, 0.25) is 0 Å². The van der Waals surface area contributed by atoms with Crippen molar-refractivity contribution < 1.29 is 9.53 Å². The maximum Gasteiger partial charge on any atom is 0.151 e. The molecular weight excluding hydrogens is 220 g/mol. The Kier molecular flexibility index (Phi) is 1.85. The molecule has 0 N–H and O–H groups in total. The summed E-state index contributed by atoms with van der Waals surface area (Å²) < 4.78 is 5.62. The average molecular weight is 233 g/mol. The van der Waals surface area contributed by atoms with E-state index in [1.165, 1.54) is 0 Å². The quantitative estimate of drug-likeness (QED) is 0.681. The summed E-state index contributed by atoms with van der Waals surface area (Å²) in [6.07, 6.45) is 3.00. The van der Waals surface area contributed by atoms with E-state index < -0.39 is 0 Å². The fraction of sp³-hybridized carbons (Fsp3) is 0.889. The second kappa shape index (κ2) is 2.55. The van der Waals surface area contributed by atoms with E-state index in [1.54, 1.807) is 0 Å². The Morgan fingerprint density at radius 2 is 2.33 bits per heavy atom. The molecule has 2 atom stereocenters. The number of carbonyl (C=O) groups excluding carboxylic acids is 1. The van der Waals surface area contributed by atoms with Gasteiger partial charge in [0.2, 0.25) is 0 Å². The molecule has 1 saturated carbocycles. The SMILES string of the molecule is CC12CCC(C(=O)CBr)(CO1)C2. The van der Waals surface area contributed by atoms with Crippen LogP contribution in [0.5, 0.6) is 0 Å². The third-order valence-corrected chi connectivity index (χ3v) is 3.76. The molecule has 0 aromatic rings.